The van der Waals surface area contributed by atoms with Crippen molar-refractivity contribution in [3.8, 4) is 0 Å². The fourth-order valence-electron chi connectivity index (χ4n) is 2.65. The highest BCUT2D eigenvalue weighted by molar-refractivity contribution is 5.76. The van der Waals surface area contributed by atoms with Gasteiger partial charge >= 0.3 is 6.09 Å². The van der Waals surface area contributed by atoms with Gasteiger partial charge in [0, 0.05) is 24.9 Å². The number of carbonyl (C=O) groups excluding carboxylic acids is 2. The Hall–Kier alpha value is -2.11. The first-order valence-corrected chi connectivity index (χ1v) is 7.85. The molecule has 1 saturated carbocycles. The number of carbonyl (C=O) groups is 2. The Labute approximate surface area is 129 Å². The summed E-state index contributed by atoms with van der Waals surface area (Å²) >= 11 is 0. The summed E-state index contributed by atoms with van der Waals surface area (Å²) in [6.45, 7) is 1.00. The zero-order chi connectivity index (χ0) is 15.4. The number of hydrogen-bond donors (Lipinski definition) is 1. The minimum atomic E-state index is -0.238. The van der Waals surface area contributed by atoms with Gasteiger partial charge in [-0.2, -0.15) is 0 Å². The Kier molecular flexibility index (Phi) is 4.56. The molecule has 2 amide bonds. The summed E-state index contributed by atoms with van der Waals surface area (Å²) in [7, 11) is 0. The van der Waals surface area contributed by atoms with Crippen LogP contribution >= 0.6 is 0 Å². The Balaban J connectivity index is 1.32. The molecule has 3 rings (SSSR count). The Morgan fingerprint density at radius 3 is 3.05 bits per heavy atom. The second kappa shape index (κ2) is 6.77. The summed E-state index contributed by atoms with van der Waals surface area (Å²) in [6, 6.07) is 4.28. The molecule has 0 spiro atoms. The summed E-state index contributed by atoms with van der Waals surface area (Å²) in [5.41, 5.74) is 1.14. The zero-order valence-electron chi connectivity index (χ0n) is 12.5. The standard InChI is InChI=1S/C16H21N3O3/c20-15(5-1-3-12-4-2-8-17-9-12)18-10-14-11-19(13-6-7-13)16(21)22-14/h2,4,8-9,13-14H,1,3,5-7,10-11H2,(H,18,20). The quantitative estimate of drug-likeness (QED) is 0.828. The van der Waals surface area contributed by atoms with Gasteiger partial charge in [-0.05, 0) is 37.3 Å². The third-order valence-electron chi connectivity index (χ3n) is 4.01. The van der Waals surface area contributed by atoms with Crippen LogP contribution in [0.1, 0.15) is 31.2 Å². The van der Waals surface area contributed by atoms with Gasteiger partial charge in [-0.15, -0.1) is 0 Å². The lowest BCUT2D eigenvalue weighted by Gasteiger charge is -2.11. The molecule has 1 aromatic rings. The van der Waals surface area contributed by atoms with E-state index < -0.39 is 0 Å². The number of pyridine rings is 1. The van der Waals surface area contributed by atoms with Gasteiger partial charge in [0.2, 0.25) is 5.91 Å². The molecule has 0 aromatic carbocycles. The maximum Gasteiger partial charge on any atom is 0.410 e. The minimum Gasteiger partial charge on any atom is -0.442 e. The number of amides is 2. The zero-order valence-corrected chi connectivity index (χ0v) is 12.5. The topological polar surface area (TPSA) is 71.5 Å². The van der Waals surface area contributed by atoms with E-state index in [1.54, 1.807) is 11.1 Å². The van der Waals surface area contributed by atoms with Crippen molar-refractivity contribution in [1.82, 2.24) is 15.2 Å². The van der Waals surface area contributed by atoms with Gasteiger partial charge in [0.05, 0.1) is 13.1 Å². The highest BCUT2D eigenvalue weighted by Gasteiger charge is 2.40. The van der Waals surface area contributed by atoms with E-state index >= 15 is 0 Å². The number of cyclic esters (lactones) is 1. The SMILES string of the molecule is O=C(CCCc1cccnc1)NCC1CN(C2CC2)C(=O)O1. The van der Waals surface area contributed by atoms with Gasteiger partial charge in [-0.25, -0.2) is 4.79 Å². The first kappa shape index (κ1) is 14.8. The molecule has 1 aliphatic heterocycles. The molecule has 1 N–H and O–H groups in total. The third kappa shape index (κ3) is 3.96. The number of aromatic nitrogens is 1. The molecule has 6 heteroatoms. The molecule has 118 valence electrons. The number of ether oxygens (including phenoxy) is 1. The molecule has 0 bridgehead atoms. The normalized spacial score (nSPS) is 20.8. The summed E-state index contributed by atoms with van der Waals surface area (Å²) in [6.07, 6.45) is 7.36. The van der Waals surface area contributed by atoms with E-state index in [0.29, 0.717) is 25.6 Å². The number of hydrogen-bond acceptors (Lipinski definition) is 4. The first-order chi connectivity index (χ1) is 10.7. The summed E-state index contributed by atoms with van der Waals surface area (Å²) in [5.74, 6) is 0.00445. The van der Waals surface area contributed by atoms with Gasteiger partial charge in [-0.3, -0.25) is 9.78 Å². The lowest BCUT2D eigenvalue weighted by Crippen LogP contribution is -2.34. The van der Waals surface area contributed by atoms with Crippen LogP contribution in [-0.2, 0) is 16.0 Å². The van der Waals surface area contributed by atoms with Crippen LogP contribution in [0.3, 0.4) is 0 Å². The molecule has 1 saturated heterocycles. The molecule has 1 aromatic heterocycles. The predicted octanol–water partition coefficient (Wildman–Crippen LogP) is 1.50. The minimum absolute atomic E-state index is 0.00445. The van der Waals surface area contributed by atoms with Crippen molar-refractivity contribution in [2.75, 3.05) is 13.1 Å². The van der Waals surface area contributed by atoms with Gasteiger partial charge in [0.15, 0.2) is 0 Å². The molecule has 2 fully saturated rings. The monoisotopic (exact) mass is 303 g/mol. The van der Waals surface area contributed by atoms with E-state index in [-0.39, 0.29) is 18.1 Å². The molecule has 1 unspecified atom stereocenters. The second-order valence-corrected chi connectivity index (χ2v) is 5.91. The smallest absolute Gasteiger partial charge is 0.410 e. The van der Waals surface area contributed by atoms with Gasteiger partial charge in [0.1, 0.15) is 6.10 Å². The highest BCUT2D eigenvalue weighted by atomic mass is 16.6. The Bertz CT molecular complexity index is 531. The van der Waals surface area contributed by atoms with Crippen LogP contribution in [0.15, 0.2) is 24.5 Å². The van der Waals surface area contributed by atoms with Crippen LogP contribution in [0.5, 0.6) is 0 Å². The van der Waals surface area contributed by atoms with Crippen LogP contribution in [0.2, 0.25) is 0 Å². The molecule has 22 heavy (non-hydrogen) atoms. The molecule has 1 aliphatic carbocycles. The van der Waals surface area contributed by atoms with E-state index in [4.69, 9.17) is 4.74 Å². The molecule has 2 aliphatic rings. The van der Waals surface area contributed by atoms with Crippen molar-refractivity contribution in [3.05, 3.63) is 30.1 Å². The third-order valence-corrected chi connectivity index (χ3v) is 4.01. The second-order valence-electron chi connectivity index (χ2n) is 5.91. The average molecular weight is 303 g/mol. The van der Waals surface area contributed by atoms with E-state index in [0.717, 1.165) is 31.2 Å². The molecule has 6 nitrogen and oxygen atoms in total. The first-order valence-electron chi connectivity index (χ1n) is 7.85. The predicted molar refractivity (Wildman–Crippen MR) is 80.2 cm³/mol. The maximum atomic E-state index is 11.8. The number of rotatable bonds is 7. The van der Waals surface area contributed by atoms with Gasteiger partial charge < -0.3 is 15.0 Å². The van der Waals surface area contributed by atoms with E-state index in [1.165, 1.54) is 0 Å². The van der Waals surface area contributed by atoms with Crippen LogP contribution in [0.25, 0.3) is 0 Å². The Morgan fingerprint density at radius 2 is 2.32 bits per heavy atom. The lowest BCUT2D eigenvalue weighted by molar-refractivity contribution is -0.121. The summed E-state index contributed by atoms with van der Waals surface area (Å²) in [4.78, 5) is 29.3. The highest BCUT2D eigenvalue weighted by Crippen LogP contribution is 2.30. The number of nitrogens with zero attached hydrogens (tertiary/aromatic N) is 2. The van der Waals surface area contributed by atoms with Crippen molar-refractivity contribution in [3.63, 3.8) is 0 Å². The van der Waals surface area contributed by atoms with Gasteiger partial charge in [0.25, 0.3) is 0 Å². The van der Waals surface area contributed by atoms with Gasteiger partial charge in [-0.1, -0.05) is 6.07 Å². The average Bonchev–Trinajstić information content (AvgIpc) is 3.30. The van der Waals surface area contributed by atoms with Crippen molar-refractivity contribution in [2.24, 2.45) is 0 Å². The van der Waals surface area contributed by atoms with E-state index in [2.05, 4.69) is 10.3 Å². The van der Waals surface area contributed by atoms with Crippen molar-refractivity contribution in [2.45, 2.75) is 44.2 Å². The maximum absolute atomic E-state index is 11.8. The Morgan fingerprint density at radius 1 is 1.45 bits per heavy atom. The van der Waals surface area contributed by atoms with Crippen molar-refractivity contribution in [1.29, 1.82) is 0 Å². The van der Waals surface area contributed by atoms with Crippen LogP contribution in [-0.4, -0.2) is 47.1 Å². The largest absolute Gasteiger partial charge is 0.442 e. The van der Waals surface area contributed by atoms with Crippen molar-refractivity contribution < 1.29 is 14.3 Å². The number of nitrogens with one attached hydrogen (secondary N) is 1. The van der Waals surface area contributed by atoms with Crippen LogP contribution in [0.4, 0.5) is 4.79 Å². The lowest BCUT2D eigenvalue weighted by atomic mass is 10.1. The molecule has 1 atom stereocenters. The summed E-state index contributed by atoms with van der Waals surface area (Å²) in [5, 5.41) is 2.85. The number of aryl methyl sites for hydroxylation is 1. The van der Waals surface area contributed by atoms with Crippen molar-refractivity contribution >= 4 is 12.0 Å². The molecule has 0 radical (unpaired) electrons. The van der Waals surface area contributed by atoms with Crippen LogP contribution in [0, 0.1) is 0 Å². The fourth-order valence-corrected chi connectivity index (χ4v) is 2.65. The van der Waals surface area contributed by atoms with E-state index in [1.807, 2.05) is 18.3 Å². The molecular formula is C16H21N3O3. The van der Waals surface area contributed by atoms with E-state index in [9.17, 15) is 9.59 Å². The molecule has 2 heterocycles. The summed E-state index contributed by atoms with van der Waals surface area (Å²) < 4.78 is 5.26. The fraction of sp³-hybridized carbons (Fsp3) is 0.562. The van der Waals surface area contributed by atoms with Crippen LogP contribution < -0.4 is 5.32 Å². The molecular weight excluding hydrogens is 282 g/mol.